The summed E-state index contributed by atoms with van der Waals surface area (Å²) in [6.45, 7) is -0.0824. The first-order valence-corrected chi connectivity index (χ1v) is 8.54. The maximum Gasteiger partial charge on any atom is 0.311 e. The van der Waals surface area contributed by atoms with E-state index in [2.05, 4.69) is 0 Å². The molecule has 0 atom stereocenters. The number of phenolic OH excluding ortho intramolecular Hbond substituents is 1. The van der Waals surface area contributed by atoms with Crippen LogP contribution >= 0.6 is 11.8 Å². The molecule has 2 amide bonds. The zero-order chi connectivity index (χ0) is 20.4. The van der Waals surface area contributed by atoms with E-state index in [-0.39, 0.29) is 22.7 Å². The van der Waals surface area contributed by atoms with Crippen molar-refractivity contribution in [2.45, 2.75) is 6.54 Å². The Bertz CT molecular complexity index is 1030. The second kappa shape index (κ2) is 7.48. The van der Waals surface area contributed by atoms with Crippen molar-refractivity contribution in [3.8, 4) is 5.75 Å². The highest BCUT2D eigenvalue weighted by molar-refractivity contribution is 8.18. The lowest BCUT2D eigenvalue weighted by atomic mass is 10.1. The SMILES string of the molecule is O=C1S/C(=C\c2cccc([N+](=O)[O-])c2O)C(=O)N1Cc1ccc([N+](=O)[O-])cc1. The Morgan fingerprint density at radius 2 is 1.71 bits per heavy atom. The summed E-state index contributed by atoms with van der Waals surface area (Å²) in [6, 6.07) is 9.27. The van der Waals surface area contributed by atoms with Gasteiger partial charge in [0.25, 0.3) is 16.8 Å². The predicted octanol–water partition coefficient (Wildman–Crippen LogP) is 3.45. The van der Waals surface area contributed by atoms with Crippen molar-refractivity contribution >= 4 is 40.4 Å². The number of hydrogen-bond acceptors (Lipinski definition) is 8. The summed E-state index contributed by atoms with van der Waals surface area (Å²) < 4.78 is 0. The molecular weight excluding hydrogens is 390 g/mol. The van der Waals surface area contributed by atoms with E-state index in [4.69, 9.17) is 0 Å². The summed E-state index contributed by atoms with van der Waals surface area (Å²) in [5.74, 6) is -1.23. The quantitative estimate of drug-likeness (QED) is 0.456. The molecule has 1 saturated heterocycles. The minimum absolute atomic E-state index is 0.00251. The van der Waals surface area contributed by atoms with Gasteiger partial charge in [0, 0.05) is 23.8 Å². The second-order valence-electron chi connectivity index (χ2n) is 5.66. The van der Waals surface area contributed by atoms with E-state index in [1.54, 1.807) is 0 Å². The third-order valence-corrected chi connectivity index (χ3v) is 4.80. The highest BCUT2D eigenvalue weighted by atomic mass is 32.2. The van der Waals surface area contributed by atoms with Gasteiger partial charge < -0.3 is 5.11 Å². The zero-order valence-electron chi connectivity index (χ0n) is 14.0. The number of non-ortho nitro benzene ring substituents is 1. The van der Waals surface area contributed by atoms with Gasteiger partial charge in [-0.25, -0.2) is 0 Å². The number of amides is 2. The normalized spacial score (nSPS) is 15.3. The van der Waals surface area contributed by atoms with Crippen LogP contribution in [-0.4, -0.2) is 31.0 Å². The molecular formula is C17H11N3O7S. The molecule has 0 spiro atoms. The number of imide groups is 1. The van der Waals surface area contributed by atoms with Gasteiger partial charge >= 0.3 is 5.69 Å². The highest BCUT2D eigenvalue weighted by Crippen LogP contribution is 2.37. The van der Waals surface area contributed by atoms with Crippen LogP contribution in [0.25, 0.3) is 6.08 Å². The fourth-order valence-electron chi connectivity index (χ4n) is 2.50. The van der Waals surface area contributed by atoms with Gasteiger partial charge in [-0.05, 0) is 23.4 Å². The van der Waals surface area contributed by atoms with Crippen LogP contribution in [0.4, 0.5) is 16.2 Å². The largest absolute Gasteiger partial charge is 0.502 e. The molecule has 142 valence electrons. The first kappa shape index (κ1) is 19.0. The Labute approximate surface area is 161 Å². The van der Waals surface area contributed by atoms with E-state index < -0.39 is 32.4 Å². The maximum atomic E-state index is 12.5. The minimum atomic E-state index is -0.757. The summed E-state index contributed by atoms with van der Waals surface area (Å²) in [7, 11) is 0. The number of aromatic hydroxyl groups is 1. The lowest BCUT2D eigenvalue weighted by Gasteiger charge is -2.12. The molecule has 28 heavy (non-hydrogen) atoms. The molecule has 1 fully saturated rings. The molecule has 0 bridgehead atoms. The van der Waals surface area contributed by atoms with E-state index >= 15 is 0 Å². The Hall–Kier alpha value is -3.73. The van der Waals surface area contributed by atoms with Crippen molar-refractivity contribution in [1.29, 1.82) is 0 Å². The van der Waals surface area contributed by atoms with Gasteiger partial charge in [-0.3, -0.25) is 34.7 Å². The minimum Gasteiger partial charge on any atom is -0.502 e. The van der Waals surface area contributed by atoms with Crippen molar-refractivity contribution < 1.29 is 24.5 Å². The molecule has 0 aliphatic carbocycles. The lowest BCUT2D eigenvalue weighted by Crippen LogP contribution is -2.27. The van der Waals surface area contributed by atoms with Crippen LogP contribution in [0.15, 0.2) is 47.4 Å². The number of carbonyl (C=O) groups is 2. The van der Waals surface area contributed by atoms with Gasteiger partial charge in [0.15, 0.2) is 0 Å². The fourth-order valence-corrected chi connectivity index (χ4v) is 3.32. The van der Waals surface area contributed by atoms with Crippen molar-refractivity contribution in [2.24, 2.45) is 0 Å². The Morgan fingerprint density at radius 3 is 2.32 bits per heavy atom. The number of nitro benzene ring substituents is 2. The second-order valence-corrected chi connectivity index (χ2v) is 6.66. The molecule has 3 rings (SSSR count). The number of phenols is 1. The molecule has 1 heterocycles. The first-order valence-electron chi connectivity index (χ1n) is 7.73. The number of hydrogen-bond donors (Lipinski definition) is 1. The van der Waals surface area contributed by atoms with E-state index in [1.807, 2.05) is 0 Å². The zero-order valence-corrected chi connectivity index (χ0v) is 14.8. The summed E-state index contributed by atoms with van der Waals surface area (Å²) in [5.41, 5.74) is -0.0693. The van der Waals surface area contributed by atoms with Crippen LogP contribution in [0, 0.1) is 20.2 Å². The third kappa shape index (κ3) is 3.69. The monoisotopic (exact) mass is 401 g/mol. The van der Waals surface area contributed by atoms with Crippen LogP contribution in [0.2, 0.25) is 0 Å². The summed E-state index contributed by atoms with van der Waals surface area (Å²) in [4.78, 5) is 45.9. The standard InChI is InChI=1S/C17H11N3O7S/c21-15-11(2-1-3-13(15)20(26)27)8-14-16(22)18(17(23)28-14)9-10-4-6-12(7-5-10)19(24)25/h1-8,21H,9H2/b14-8-. The number of rotatable bonds is 5. The molecule has 2 aromatic carbocycles. The van der Waals surface area contributed by atoms with E-state index in [1.165, 1.54) is 42.5 Å². The number of nitro groups is 2. The first-order chi connectivity index (χ1) is 13.3. The summed E-state index contributed by atoms with van der Waals surface area (Å²) in [6.07, 6.45) is 1.21. The average Bonchev–Trinajstić information content (AvgIpc) is 2.91. The van der Waals surface area contributed by atoms with Gasteiger partial charge in [-0.1, -0.05) is 24.3 Å². The van der Waals surface area contributed by atoms with Gasteiger partial charge in [0.1, 0.15) is 0 Å². The van der Waals surface area contributed by atoms with Gasteiger partial charge in [0.2, 0.25) is 5.75 Å². The number of para-hydroxylation sites is 1. The topological polar surface area (TPSA) is 144 Å². The van der Waals surface area contributed by atoms with Crippen LogP contribution in [-0.2, 0) is 11.3 Å². The molecule has 2 aromatic rings. The van der Waals surface area contributed by atoms with Crippen molar-refractivity contribution in [2.75, 3.05) is 0 Å². The molecule has 0 aromatic heterocycles. The van der Waals surface area contributed by atoms with Gasteiger partial charge in [-0.15, -0.1) is 0 Å². The Kier molecular flexibility index (Phi) is 5.09. The number of nitrogens with zero attached hydrogens (tertiary/aromatic N) is 3. The smallest absolute Gasteiger partial charge is 0.311 e. The van der Waals surface area contributed by atoms with Crippen LogP contribution in [0.1, 0.15) is 11.1 Å². The van der Waals surface area contributed by atoms with E-state index in [0.717, 1.165) is 11.0 Å². The average molecular weight is 401 g/mol. The molecule has 1 aliphatic rings. The van der Waals surface area contributed by atoms with Gasteiger partial charge in [0.05, 0.1) is 21.3 Å². The molecule has 11 heteroatoms. The molecule has 0 saturated carbocycles. The van der Waals surface area contributed by atoms with Crippen LogP contribution in [0.3, 0.4) is 0 Å². The van der Waals surface area contributed by atoms with Crippen LogP contribution in [0.5, 0.6) is 5.75 Å². The summed E-state index contributed by atoms with van der Waals surface area (Å²) >= 11 is 0.636. The molecule has 0 unspecified atom stereocenters. The predicted molar refractivity (Wildman–Crippen MR) is 99.4 cm³/mol. The van der Waals surface area contributed by atoms with E-state index in [9.17, 15) is 34.9 Å². The number of benzene rings is 2. The summed E-state index contributed by atoms with van der Waals surface area (Å²) in [5, 5.41) is 31.0. The Balaban J connectivity index is 1.84. The number of thioether (sulfide) groups is 1. The highest BCUT2D eigenvalue weighted by Gasteiger charge is 2.35. The maximum absolute atomic E-state index is 12.5. The van der Waals surface area contributed by atoms with Gasteiger partial charge in [-0.2, -0.15) is 0 Å². The van der Waals surface area contributed by atoms with Crippen molar-refractivity contribution in [1.82, 2.24) is 4.90 Å². The lowest BCUT2D eigenvalue weighted by molar-refractivity contribution is -0.385. The fraction of sp³-hybridized carbons (Fsp3) is 0.0588. The molecule has 1 aliphatic heterocycles. The number of carbonyl (C=O) groups excluding carboxylic acids is 2. The molecule has 1 N–H and O–H groups in total. The van der Waals surface area contributed by atoms with Crippen LogP contribution < -0.4 is 0 Å². The van der Waals surface area contributed by atoms with E-state index in [0.29, 0.717) is 17.3 Å². The van der Waals surface area contributed by atoms with Crippen molar-refractivity contribution in [3.05, 3.63) is 78.7 Å². The van der Waals surface area contributed by atoms with Crippen molar-refractivity contribution in [3.63, 3.8) is 0 Å². The molecule has 0 radical (unpaired) electrons. The Morgan fingerprint density at radius 1 is 1.04 bits per heavy atom. The molecule has 10 nitrogen and oxygen atoms in total. The third-order valence-electron chi connectivity index (χ3n) is 3.89.